The predicted octanol–water partition coefficient (Wildman–Crippen LogP) is 3.94. The van der Waals surface area contributed by atoms with Gasteiger partial charge in [0.1, 0.15) is 17.3 Å². The summed E-state index contributed by atoms with van der Waals surface area (Å²) in [7, 11) is 0. The lowest BCUT2D eigenvalue weighted by atomic mass is 10.2. The van der Waals surface area contributed by atoms with Gasteiger partial charge in [-0.25, -0.2) is 4.39 Å². The molecular weight excluding hydrogens is 267 g/mol. The van der Waals surface area contributed by atoms with Crippen molar-refractivity contribution >= 4 is 5.69 Å². The maximum Gasteiger partial charge on any atom is 0.125 e. The molecule has 0 saturated carbocycles. The summed E-state index contributed by atoms with van der Waals surface area (Å²) in [6.07, 6.45) is 0. The summed E-state index contributed by atoms with van der Waals surface area (Å²) in [4.78, 5) is 2.08. The highest BCUT2D eigenvalue weighted by atomic mass is 19.1. The van der Waals surface area contributed by atoms with Crippen LogP contribution in [0, 0.1) is 5.82 Å². The molecule has 0 aliphatic rings. The summed E-state index contributed by atoms with van der Waals surface area (Å²) in [6, 6.07) is 11.1. The van der Waals surface area contributed by atoms with Gasteiger partial charge in [0.05, 0.1) is 13.1 Å². The van der Waals surface area contributed by atoms with E-state index in [-0.39, 0.29) is 5.82 Å². The zero-order valence-corrected chi connectivity index (χ0v) is 12.9. The van der Waals surface area contributed by atoms with Crippen molar-refractivity contribution in [3.63, 3.8) is 0 Å². The Morgan fingerprint density at radius 2 is 1.95 bits per heavy atom. The van der Waals surface area contributed by atoms with Crippen LogP contribution >= 0.6 is 0 Å². The third-order valence-corrected chi connectivity index (χ3v) is 3.30. The highest BCUT2D eigenvalue weighted by Gasteiger charge is 2.09. The van der Waals surface area contributed by atoms with Crippen LogP contribution in [0.1, 0.15) is 32.3 Å². The molecule has 0 amide bonds. The van der Waals surface area contributed by atoms with Gasteiger partial charge >= 0.3 is 0 Å². The van der Waals surface area contributed by atoms with Gasteiger partial charge in [0, 0.05) is 18.3 Å². The molecule has 3 nitrogen and oxygen atoms in total. The van der Waals surface area contributed by atoms with Gasteiger partial charge in [0.15, 0.2) is 0 Å². The number of anilines is 1. The quantitative estimate of drug-likeness (QED) is 0.837. The van der Waals surface area contributed by atoms with E-state index in [0.717, 1.165) is 30.3 Å². The Hall–Kier alpha value is -1.81. The fourth-order valence-corrected chi connectivity index (χ4v) is 2.15. The molecule has 0 spiro atoms. The number of halogens is 1. The highest BCUT2D eigenvalue weighted by molar-refractivity contribution is 5.46. The molecule has 0 radical (unpaired) electrons. The Balaban J connectivity index is 2.02. The van der Waals surface area contributed by atoms with Gasteiger partial charge in [-0.3, -0.25) is 0 Å². The number of benzene rings is 1. The van der Waals surface area contributed by atoms with Crippen LogP contribution in [0.25, 0.3) is 0 Å². The summed E-state index contributed by atoms with van der Waals surface area (Å²) >= 11 is 0. The number of nitrogens with zero attached hydrogens (tertiary/aromatic N) is 1. The van der Waals surface area contributed by atoms with Crippen molar-refractivity contribution in [3.8, 4) is 0 Å². The lowest BCUT2D eigenvalue weighted by Gasteiger charge is -2.21. The van der Waals surface area contributed by atoms with Crippen molar-refractivity contribution in [2.75, 3.05) is 11.4 Å². The normalized spacial score (nSPS) is 11.1. The standard InChI is InChI=1S/C17H23FN2O/c1-4-20(15-7-5-6-14(18)10-15)12-17-9-8-16(21-17)11-19-13(2)3/h5-10,13,19H,4,11-12H2,1-3H3. The van der Waals surface area contributed by atoms with Crippen LogP contribution < -0.4 is 10.2 Å². The minimum Gasteiger partial charge on any atom is -0.463 e. The molecule has 1 heterocycles. The number of furan rings is 1. The minimum atomic E-state index is -0.216. The Morgan fingerprint density at radius 1 is 1.19 bits per heavy atom. The maximum atomic E-state index is 13.3. The molecule has 21 heavy (non-hydrogen) atoms. The number of hydrogen-bond donors (Lipinski definition) is 1. The summed E-state index contributed by atoms with van der Waals surface area (Å²) in [5.74, 6) is 1.60. The van der Waals surface area contributed by atoms with E-state index in [1.54, 1.807) is 12.1 Å². The van der Waals surface area contributed by atoms with Crippen molar-refractivity contribution in [2.45, 2.75) is 39.9 Å². The van der Waals surface area contributed by atoms with Crippen LogP contribution in [0.15, 0.2) is 40.8 Å². The second-order valence-electron chi connectivity index (χ2n) is 5.40. The Bertz CT molecular complexity index is 565. The monoisotopic (exact) mass is 290 g/mol. The first-order chi connectivity index (χ1) is 10.1. The van der Waals surface area contributed by atoms with Crippen LogP contribution in [-0.2, 0) is 13.1 Å². The van der Waals surface area contributed by atoms with Crippen LogP contribution in [0.2, 0.25) is 0 Å². The first-order valence-corrected chi connectivity index (χ1v) is 7.40. The second kappa shape index (κ2) is 7.27. The lowest BCUT2D eigenvalue weighted by Crippen LogP contribution is -2.22. The van der Waals surface area contributed by atoms with Gasteiger partial charge in [-0.15, -0.1) is 0 Å². The van der Waals surface area contributed by atoms with Gasteiger partial charge in [-0.2, -0.15) is 0 Å². The second-order valence-corrected chi connectivity index (χ2v) is 5.40. The third-order valence-electron chi connectivity index (χ3n) is 3.30. The van der Waals surface area contributed by atoms with Crippen molar-refractivity contribution in [2.24, 2.45) is 0 Å². The zero-order chi connectivity index (χ0) is 15.2. The van der Waals surface area contributed by atoms with Crippen molar-refractivity contribution in [1.29, 1.82) is 0 Å². The van der Waals surface area contributed by atoms with Gasteiger partial charge < -0.3 is 14.6 Å². The summed E-state index contributed by atoms with van der Waals surface area (Å²) in [6.45, 7) is 8.42. The number of hydrogen-bond acceptors (Lipinski definition) is 3. The molecule has 2 aromatic rings. The van der Waals surface area contributed by atoms with Gasteiger partial charge in [-0.1, -0.05) is 19.9 Å². The average molecular weight is 290 g/mol. The fourth-order valence-electron chi connectivity index (χ4n) is 2.15. The van der Waals surface area contributed by atoms with E-state index < -0.39 is 0 Å². The van der Waals surface area contributed by atoms with Crippen LogP contribution in [0.3, 0.4) is 0 Å². The molecule has 2 rings (SSSR count). The van der Waals surface area contributed by atoms with E-state index >= 15 is 0 Å². The minimum absolute atomic E-state index is 0.216. The molecule has 1 aromatic heterocycles. The van der Waals surface area contributed by atoms with Gasteiger partial charge in [0.2, 0.25) is 0 Å². The molecule has 0 unspecified atom stereocenters. The molecule has 0 aliphatic carbocycles. The van der Waals surface area contributed by atoms with E-state index in [2.05, 4.69) is 31.0 Å². The molecule has 0 fully saturated rings. The van der Waals surface area contributed by atoms with Gasteiger partial charge in [0.25, 0.3) is 0 Å². The molecule has 4 heteroatoms. The smallest absolute Gasteiger partial charge is 0.125 e. The molecule has 1 aromatic carbocycles. The van der Waals surface area contributed by atoms with Crippen LogP contribution in [0.5, 0.6) is 0 Å². The molecular formula is C17H23FN2O. The van der Waals surface area contributed by atoms with E-state index in [1.807, 2.05) is 18.2 Å². The Morgan fingerprint density at radius 3 is 2.62 bits per heavy atom. The van der Waals surface area contributed by atoms with Crippen molar-refractivity contribution in [3.05, 3.63) is 53.7 Å². The van der Waals surface area contributed by atoms with Gasteiger partial charge in [-0.05, 0) is 37.3 Å². The Kier molecular flexibility index (Phi) is 5.39. The van der Waals surface area contributed by atoms with E-state index in [4.69, 9.17) is 4.42 Å². The van der Waals surface area contributed by atoms with Crippen molar-refractivity contribution in [1.82, 2.24) is 5.32 Å². The molecule has 0 aliphatic heterocycles. The maximum absolute atomic E-state index is 13.3. The first kappa shape index (κ1) is 15.6. The summed E-state index contributed by atoms with van der Waals surface area (Å²) < 4.78 is 19.1. The summed E-state index contributed by atoms with van der Waals surface area (Å²) in [5.41, 5.74) is 0.871. The molecule has 1 N–H and O–H groups in total. The topological polar surface area (TPSA) is 28.4 Å². The van der Waals surface area contributed by atoms with Crippen LogP contribution in [0.4, 0.5) is 10.1 Å². The molecule has 0 bridgehead atoms. The molecule has 0 saturated heterocycles. The zero-order valence-electron chi connectivity index (χ0n) is 12.9. The van der Waals surface area contributed by atoms with Crippen LogP contribution in [-0.4, -0.2) is 12.6 Å². The predicted molar refractivity (Wildman–Crippen MR) is 83.8 cm³/mol. The lowest BCUT2D eigenvalue weighted by molar-refractivity contribution is 0.432. The fraction of sp³-hybridized carbons (Fsp3) is 0.412. The van der Waals surface area contributed by atoms with E-state index in [0.29, 0.717) is 12.6 Å². The average Bonchev–Trinajstić information content (AvgIpc) is 2.90. The number of nitrogens with one attached hydrogen (secondary N) is 1. The van der Waals surface area contributed by atoms with E-state index in [9.17, 15) is 4.39 Å². The van der Waals surface area contributed by atoms with E-state index in [1.165, 1.54) is 6.07 Å². The Labute approximate surface area is 125 Å². The molecule has 114 valence electrons. The SMILES string of the molecule is CCN(Cc1ccc(CNC(C)C)o1)c1cccc(F)c1. The molecule has 0 atom stereocenters. The summed E-state index contributed by atoms with van der Waals surface area (Å²) in [5, 5.41) is 3.32. The largest absolute Gasteiger partial charge is 0.463 e. The van der Waals surface area contributed by atoms with Crippen molar-refractivity contribution < 1.29 is 8.81 Å². The highest BCUT2D eigenvalue weighted by Crippen LogP contribution is 2.19. The first-order valence-electron chi connectivity index (χ1n) is 7.40. The number of rotatable bonds is 7. The third kappa shape index (κ3) is 4.60.